The van der Waals surface area contributed by atoms with E-state index >= 15 is 0 Å². The Labute approximate surface area is 178 Å². The third kappa shape index (κ3) is 8.09. The molecule has 3 N–H and O–H groups in total. The van der Waals surface area contributed by atoms with E-state index in [1.54, 1.807) is 24.9 Å². The number of rotatable bonds is 9. The SMILES string of the molecule is CNC(C(C)NC(C(=O)N(C)[C@H](/C=C(\C)C(=O)O)C(C)C)C(C)(C)C)C(C)(C)C. The van der Waals surface area contributed by atoms with Gasteiger partial charge >= 0.3 is 5.97 Å². The van der Waals surface area contributed by atoms with Crippen molar-refractivity contribution in [3.63, 3.8) is 0 Å². The van der Waals surface area contributed by atoms with Crippen molar-refractivity contribution in [2.45, 2.75) is 93.4 Å². The number of carboxylic acids is 1. The highest BCUT2D eigenvalue weighted by Crippen LogP contribution is 2.27. The second-order valence-corrected chi connectivity index (χ2v) is 10.7. The molecule has 0 radical (unpaired) electrons. The van der Waals surface area contributed by atoms with Crippen molar-refractivity contribution in [3.8, 4) is 0 Å². The molecule has 0 rings (SSSR count). The zero-order valence-electron chi connectivity index (χ0n) is 20.7. The highest BCUT2D eigenvalue weighted by Gasteiger charge is 2.39. The zero-order valence-corrected chi connectivity index (χ0v) is 20.7. The summed E-state index contributed by atoms with van der Waals surface area (Å²) in [6, 6.07) is -0.445. The monoisotopic (exact) mass is 411 g/mol. The molecule has 0 fully saturated rings. The summed E-state index contributed by atoms with van der Waals surface area (Å²) < 4.78 is 0. The summed E-state index contributed by atoms with van der Waals surface area (Å²) in [4.78, 5) is 26.5. The third-order valence-corrected chi connectivity index (χ3v) is 5.52. The second-order valence-electron chi connectivity index (χ2n) is 10.7. The van der Waals surface area contributed by atoms with Gasteiger partial charge in [-0.1, -0.05) is 61.5 Å². The predicted octanol–water partition coefficient (Wildman–Crippen LogP) is 3.53. The van der Waals surface area contributed by atoms with Crippen LogP contribution in [0.15, 0.2) is 11.6 Å². The van der Waals surface area contributed by atoms with Crippen LogP contribution in [-0.2, 0) is 9.59 Å². The van der Waals surface area contributed by atoms with Crippen molar-refractivity contribution >= 4 is 11.9 Å². The lowest BCUT2D eigenvalue weighted by atomic mass is 9.80. The van der Waals surface area contributed by atoms with Gasteiger partial charge in [-0.15, -0.1) is 0 Å². The first-order chi connectivity index (χ1) is 12.9. The van der Waals surface area contributed by atoms with Crippen molar-refractivity contribution in [3.05, 3.63) is 11.6 Å². The molecule has 0 aromatic rings. The average Bonchev–Trinajstić information content (AvgIpc) is 2.53. The van der Waals surface area contributed by atoms with Crippen LogP contribution in [-0.4, -0.2) is 60.1 Å². The number of hydrogen-bond donors (Lipinski definition) is 3. The standard InChI is InChI=1S/C23H45N3O3/c1-14(2)17(13-15(3)21(28)29)26(12)20(27)19(23(8,9)10)25-16(4)18(24-11)22(5,6)7/h13-14,16-19,24-25H,1-12H3,(H,28,29)/b15-13+/t16?,17-,18?,19?/m1/s1. The smallest absolute Gasteiger partial charge is 0.331 e. The van der Waals surface area contributed by atoms with Gasteiger partial charge in [0.15, 0.2) is 0 Å². The van der Waals surface area contributed by atoms with E-state index in [0.717, 1.165) is 0 Å². The summed E-state index contributed by atoms with van der Waals surface area (Å²) in [6.45, 7) is 20.4. The maximum absolute atomic E-state index is 13.5. The van der Waals surface area contributed by atoms with Gasteiger partial charge in [0.2, 0.25) is 5.91 Å². The van der Waals surface area contributed by atoms with E-state index in [9.17, 15) is 14.7 Å². The Kier molecular flexibility index (Phi) is 10.1. The van der Waals surface area contributed by atoms with E-state index in [2.05, 4.69) is 59.1 Å². The van der Waals surface area contributed by atoms with Crippen LogP contribution < -0.4 is 10.6 Å². The molecule has 0 saturated carbocycles. The van der Waals surface area contributed by atoms with Gasteiger partial charge in [0.1, 0.15) is 0 Å². The molecule has 0 aliphatic carbocycles. The van der Waals surface area contributed by atoms with Crippen LogP contribution in [0.2, 0.25) is 0 Å². The van der Waals surface area contributed by atoms with E-state index in [4.69, 9.17) is 0 Å². The summed E-state index contributed by atoms with van der Waals surface area (Å²) in [5, 5.41) is 16.2. The van der Waals surface area contributed by atoms with Gasteiger partial charge in [-0.2, -0.15) is 0 Å². The fraction of sp³-hybridized carbons (Fsp3) is 0.826. The molecule has 0 aliphatic heterocycles. The molecule has 0 heterocycles. The minimum absolute atomic E-state index is 0.0266. The van der Waals surface area contributed by atoms with Gasteiger partial charge < -0.3 is 20.6 Å². The Morgan fingerprint density at radius 1 is 1.00 bits per heavy atom. The number of aliphatic carboxylic acids is 1. The Morgan fingerprint density at radius 3 is 1.79 bits per heavy atom. The molecular formula is C23H45N3O3. The lowest BCUT2D eigenvalue weighted by Crippen LogP contribution is -2.61. The van der Waals surface area contributed by atoms with E-state index in [-0.39, 0.29) is 46.4 Å². The predicted molar refractivity (Wildman–Crippen MR) is 121 cm³/mol. The number of nitrogens with one attached hydrogen (secondary N) is 2. The van der Waals surface area contributed by atoms with Crippen LogP contribution >= 0.6 is 0 Å². The van der Waals surface area contributed by atoms with Crippen LogP contribution in [0.25, 0.3) is 0 Å². The summed E-state index contributed by atoms with van der Waals surface area (Å²) in [5.74, 6) is -0.894. The molecule has 6 heteroatoms. The topological polar surface area (TPSA) is 81.7 Å². The lowest BCUT2D eigenvalue weighted by molar-refractivity contribution is -0.137. The van der Waals surface area contributed by atoms with E-state index in [1.807, 2.05) is 20.9 Å². The first kappa shape index (κ1) is 27.6. The number of likely N-dealkylation sites (N-methyl/N-ethyl adjacent to an activating group) is 2. The highest BCUT2D eigenvalue weighted by atomic mass is 16.4. The maximum Gasteiger partial charge on any atom is 0.331 e. The Hall–Kier alpha value is -1.40. The largest absolute Gasteiger partial charge is 0.478 e. The van der Waals surface area contributed by atoms with Gasteiger partial charge in [-0.3, -0.25) is 4.79 Å². The molecule has 0 bridgehead atoms. The lowest BCUT2D eigenvalue weighted by Gasteiger charge is -2.42. The number of amides is 1. The number of carbonyl (C=O) groups excluding carboxylic acids is 1. The molecule has 29 heavy (non-hydrogen) atoms. The van der Waals surface area contributed by atoms with Crippen molar-refractivity contribution in [1.82, 2.24) is 15.5 Å². The molecule has 0 aromatic carbocycles. The molecule has 0 aliphatic rings. The first-order valence-corrected chi connectivity index (χ1v) is 10.6. The van der Waals surface area contributed by atoms with Crippen molar-refractivity contribution in [1.29, 1.82) is 0 Å². The van der Waals surface area contributed by atoms with E-state index in [0.29, 0.717) is 0 Å². The molecule has 4 atom stereocenters. The highest BCUT2D eigenvalue weighted by molar-refractivity contribution is 5.86. The van der Waals surface area contributed by atoms with E-state index in [1.165, 1.54) is 0 Å². The van der Waals surface area contributed by atoms with Crippen molar-refractivity contribution in [2.75, 3.05) is 14.1 Å². The molecule has 170 valence electrons. The second kappa shape index (κ2) is 10.6. The van der Waals surface area contributed by atoms with Crippen LogP contribution in [0.3, 0.4) is 0 Å². The Bertz CT molecular complexity index is 585. The fourth-order valence-electron chi connectivity index (χ4n) is 3.91. The van der Waals surface area contributed by atoms with Gasteiger partial charge in [0.25, 0.3) is 0 Å². The fourth-order valence-corrected chi connectivity index (χ4v) is 3.91. The van der Waals surface area contributed by atoms with Crippen LogP contribution in [0.5, 0.6) is 0 Å². The van der Waals surface area contributed by atoms with Crippen LogP contribution in [0.1, 0.15) is 69.2 Å². The molecule has 3 unspecified atom stereocenters. The van der Waals surface area contributed by atoms with E-state index < -0.39 is 12.0 Å². The Balaban J connectivity index is 5.86. The summed E-state index contributed by atoms with van der Waals surface area (Å²) >= 11 is 0. The minimum Gasteiger partial charge on any atom is -0.478 e. The maximum atomic E-state index is 13.5. The summed E-state index contributed by atoms with van der Waals surface area (Å²) in [7, 11) is 3.71. The van der Waals surface area contributed by atoms with Crippen molar-refractivity contribution < 1.29 is 14.7 Å². The van der Waals surface area contributed by atoms with Gasteiger partial charge in [0.05, 0.1) is 12.1 Å². The quantitative estimate of drug-likeness (QED) is 0.506. The normalized spacial score (nSPS) is 17.6. The van der Waals surface area contributed by atoms with Gasteiger partial charge in [-0.25, -0.2) is 4.79 Å². The number of nitrogens with zero attached hydrogens (tertiary/aromatic N) is 1. The minimum atomic E-state index is -0.961. The molecule has 0 aromatic heterocycles. The molecule has 0 saturated heterocycles. The molecule has 0 spiro atoms. The summed E-state index contributed by atoms with van der Waals surface area (Å²) in [6.07, 6.45) is 1.68. The van der Waals surface area contributed by atoms with Crippen molar-refractivity contribution in [2.24, 2.45) is 16.7 Å². The first-order valence-electron chi connectivity index (χ1n) is 10.6. The van der Waals surface area contributed by atoms with Gasteiger partial charge in [0, 0.05) is 24.7 Å². The number of carboxylic acid groups (broad SMARTS) is 1. The Morgan fingerprint density at radius 2 is 1.48 bits per heavy atom. The average molecular weight is 412 g/mol. The summed E-state index contributed by atoms with van der Waals surface area (Å²) in [5.41, 5.74) is -0.0246. The number of hydrogen-bond acceptors (Lipinski definition) is 4. The molecular weight excluding hydrogens is 366 g/mol. The molecule has 6 nitrogen and oxygen atoms in total. The van der Waals surface area contributed by atoms with Gasteiger partial charge in [-0.05, 0) is 37.6 Å². The van der Waals surface area contributed by atoms with Crippen LogP contribution in [0.4, 0.5) is 0 Å². The molecule has 1 amide bonds. The van der Waals surface area contributed by atoms with Crippen LogP contribution in [0, 0.1) is 16.7 Å². The third-order valence-electron chi connectivity index (χ3n) is 5.52. The number of carbonyl (C=O) groups is 2. The zero-order chi connectivity index (χ0) is 23.3.